The minimum absolute atomic E-state index is 0.0473. The van der Waals surface area contributed by atoms with Crippen LogP contribution in [0.3, 0.4) is 0 Å². The maximum absolute atomic E-state index is 12.9. The molecule has 0 atom stereocenters. The molecule has 0 aromatic heterocycles. The molecule has 23 heavy (non-hydrogen) atoms. The molecule has 0 saturated carbocycles. The highest BCUT2D eigenvalue weighted by atomic mass is 19.1. The number of carbonyl (C=O) groups is 2. The zero-order valence-electron chi connectivity index (χ0n) is 11.9. The van der Waals surface area contributed by atoms with Crippen molar-refractivity contribution in [3.8, 4) is 0 Å². The lowest BCUT2D eigenvalue weighted by Gasteiger charge is -2.11. The molecule has 4 nitrogen and oxygen atoms in total. The number of urea groups is 1. The summed E-state index contributed by atoms with van der Waals surface area (Å²) in [7, 11) is 0. The lowest BCUT2D eigenvalue weighted by Crippen LogP contribution is -2.30. The van der Waals surface area contributed by atoms with Gasteiger partial charge in [-0.2, -0.15) is 0 Å². The van der Waals surface area contributed by atoms with Gasteiger partial charge in [-0.15, -0.1) is 0 Å². The van der Waals surface area contributed by atoms with Gasteiger partial charge in [-0.05, 0) is 41.5 Å². The van der Waals surface area contributed by atoms with Gasteiger partial charge in [-0.25, -0.2) is 13.6 Å². The van der Waals surface area contributed by atoms with E-state index in [9.17, 15) is 18.4 Å². The molecule has 1 aliphatic heterocycles. The van der Waals surface area contributed by atoms with Gasteiger partial charge in [0.1, 0.15) is 17.3 Å². The van der Waals surface area contributed by atoms with Crippen molar-refractivity contribution in [1.29, 1.82) is 0 Å². The van der Waals surface area contributed by atoms with Crippen LogP contribution < -0.4 is 5.32 Å². The summed E-state index contributed by atoms with van der Waals surface area (Å²) in [6.07, 6.45) is 1.48. The van der Waals surface area contributed by atoms with Crippen LogP contribution in [0.15, 0.2) is 54.2 Å². The minimum atomic E-state index is -0.548. The van der Waals surface area contributed by atoms with Gasteiger partial charge < -0.3 is 5.32 Å². The lowest BCUT2D eigenvalue weighted by molar-refractivity contribution is -0.123. The molecule has 3 rings (SSSR count). The van der Waals surface area contributed by atoms with E-state index in [4.69, 9.17) is 0 Å². The summed E-state index contributed by atoms with van der Waals surface area (Å²) in [5.41, 5.74) is 1.35. The SMILES string of the molecule is O=C1NC(=Cc2ccc(F)cc2)C(=O)N1Cc1ccc(F)cc1. The standard InChI is InChI=1S/C17H12F2N2O2/c18-13-5-1-11(2-6-13)9-15-16(22)21(17(23)20-15)10-12-3-7-14(19)8-4-12/h1-9H,10H2,(H,20,23). The Morgan fingerprint density at radius 2 is 1.48 bits per heavy atom. The first-order chi connectivity index (χ1) is 11.0. The Morgan fingerprint density at radius 3 is 2.09 bits per heavy atom. The number of imide groups is 1. The zero-order valence-corrected chi connectivity index (χ0v) is 11.9. The molecule has 1 heterocycles. The van der Waals surface area contributed by atoms with Crippen molar-refractivity contribution >= 4 is 18.0 Å². The van der Waals surface area contributed by atoms with Crippen molar-refractivity contribution in [1.82, 2.24) is 10.2 Å². The molecule has 2 aromatic rings. The Hall–Kier alpha value is -3.02. The van der Waals surface area contributed by atoms with Gasteiger partial charge in [-0.3, -0.25) is 9.69 Å². The number of amides is 3. The molecule has 0 aliphatic carbocycles. The molecule has 2 aromatic carbocycles. The van der Waals surface area contributed by atoms with Crippen LogP contribution in [0.4, 0.5) is 13.6 Å². The summed E-state index contributed by atoms with van der Waals surface area (Å²) < 4.78 is 25.8. The smallest absolute Gasteiger partial charge is 0.303 e. The van der Waals surface area contributed by atoms with Crippen LogP contribution >= 0.6 is 0 Å². The monoisotopic (exact) mass is 314 g/mol. The first-order valence-corrected chi connectivity index (χ1v) is 6.87. The number of benzene rings is 2. The van der Waals surface area contributed by atoms with Crippen molar-refractivity contribution in [2.24, 2.45) is 0 Å². The molecule has 0 radical (unpaired) electrons. The molecule has 1 aliphatic rings. The number of nitrogens with zero attached hydrogens (tertiary/aromatic N) is 1. The summed E-state index contributed by atoms with van der Waals surface area (Å²) in [4.78, 5) is 25.2. The van der Waals surface area contributed by atoms with Crippen LogP contribution in [0.1, 0.15) is 11.1 Å². The zero-order chi connectivity index (χ0) is 16.4. The van der Waals surface area contributed by atoms with E-state index in [0.29, 0.717) is 11.1 Å². The lowest BCUT2D eigenvalue weighted by atomic mass is 10.2. The Morgan fingerprint density at radius 1 is 0.913 bits per heavy atom. The van der Waals surface area contributed by atoms with Gasteiger partial charge in [0.05, 0.1) is 6.54 Å². The number of carbonyl (C=O) groups excluding carboxylic acids is 2. The van der Waals surface area contributed by atoms with E-state index in [1.165, 1.54) is 54.6 Å². The average molecular weight is 314 g/mol. The van der Waals surface area contributed by atoms with Gasteiger partial charge in [0.15, 0.2) is 0 Å². The second kappa shape index (κ2) is 6.00. The first-order valence-electron chi connectivity index (χ1n) is 6.87. The summed E-state index contributed by atoms with van der Waals surface area (Å²) >= 11 is 0. The van der Waals surface area contributed by atoms with Gasteiger partial charge >= 0.3 is 6.03 Å². The third-order valence-electron chi connectivity index (χ3n) is 3.40. The number of rotatable bonds is 3. The molecule has 1 N–H and O–H groups in total. The van der Waals surface area contributed by atoms with E-state index in [-0.39, 0.29) is 23.9 Å². The van der Waals surface area contributed by atoms with E-state index in [1.54, 1.807) is 0 Å². The van der Waals surface area contributed by atoms with Gasteiger partial charge in [0.25, 0.3) is 5.91 Å². The quantitative estimate of drug-likeness (QED) is 0.699. The second-order valence-electron chi connectivity index (χ2n) is 5.06. The maximum Gasteiger partial charge on any atom is 0.329 e. The largest absolute Gasteiger partial charge is 0.329 e. The normalized spacial score (nSPS) is 16.1. The molecule has 1 fully saturated rings. The van der Waals surface area contributed by atoms with Crippen molar-refractivity contribution in [2.45, 2.75) is 6.54 Å². The average Bonchev–Trinajstić information content (AvgIpc) is 2.79. The maximum atomic E-state index is 12.9. The minimum Gasteiger partial charge on any atom is -0.303 e. The van der Waals surface area contributed by atoms with Crippen molar-refractivity contribution in [2.75, 3.05) is 0 Å². The number of hydrogen-bond donors (Lipinski definition) is 1. The molecule has 0 spiro atoms. The Balaban J connectivity index is 1.79. The molecule has 116 valence electrons. The molecule has 1 saturated heterocycles. The van der Waals surface area contributed by atoms with E-state index in [2.05, 4.69) is 5.32 Å². The number of hydrogen-bond acceptors (Lipinski definition) is 2. The highest BCUT2D eigenvalue weighted by molar-refractivity contribution is 6.13. The third-order valence-corrected chi connectivity index (χ3v) is 3.40. The van der Waals surface area contributed by atoms with Crippen LogP contribution in [0, 0.1) is 11.6 Å². The number of nitrogens with one attached hydrogen (secondary N) is 1. The van der Waals surface area contributed by atoms with Gasteiger partial charge in [-0.1, -0.05) is 24.3 Å². The predicted octanol–water partition coefficient (Wildman–Crippen LogP) is 3.06. The molecular formula is C17H12F2N2O2. The van der Waals surface area contributed by atoms with Crippen LogP contribution in [0.5, 0.6) is 0 Å². The highest BCUT2D eigenvalue weighted by Gasteiger charge is 2.33. The fourth-order valence-electron chi connectivity index (χ4n) is 2.21. The molecule has 3 amide bonds. The summed E-state index contributed by atoms with van der Waals surface area (Å²) in [6, 6.07) is 10.6. The molecule has 6 heteroatoms. The van der Waals surface area contributed by atoms with Crippen LogP contribution in [0.2, 0.25) is 0 Å². The fourth-order valence-corrected chi connectivity index (χ4v) is 2.21. The fraction of sp³-hybridized carbons (Fsp3) is 0.0588. The van der Waals surface area contributed by atoms with Crippen molar-refractivity contribution < 1.29 is 18.4 Å². The van der Waals surface area contributed by atoms with E-state index in [1.807, 2.05) is 0 Å². The topological polar surface area (TPSA) is 49.4 Å². The van der Waals surface area contributed by atoms with E-state index in [0.717, 1.165) is 4.90 Å². The summed E-state index contributed by atoms with van der Waals surface area (Å²) in [5, 5.41) is 2.48. The van der Waals surface area contributed by atoms with Crippen LogP contribution in [0.25, 0.3) is 6.08 Å². The van der Waals surface area contributed by atoms with Gasteiger partial charge in [0, 0.05) is 0 Å². The van der Waals surface area contributed by atoms with E-state index < -0.39 is 11.9 Å². The molecule has 0 bridgehead atoms. The first kappa shape index (κ1) is 14.9. The molecule has 0 unspecified atom stereocenters. The predicted molar refractivity (Wildman–Crippen MR) is 79.9 cm³/mol. The Bertz CT molecular complexity index is 783. The second-order valence-corrected chi connectivity index (χ2v) is 5.06. The molecular weight excluding hydrogens is 302 g/mol. The van der Waals surface area contributed by atoms with Crippen molar-refractivity contribution in [3.63, 3.8) is 0 Å². The summed E-state index contributed by atoms with van der Waals surface area (Å²) in [6.45, 7) is 0.0473. The number of halogens is 2. The van der Waals surface area contributed by atoms with Crippen molar-refractivity contribution in [3.05, 3.63) is 77.0 Å². The summed E-state index contributed by atoms with van der Waals surface area (Å²) in [5.74, 6) is -1.25. The van der Waals surface area contributed by atoms with Gasteiger partial charge in [0.2, 0.25) is 0 Å². The van der Waals surface area contributed by atoms with Crippen LogP contribution in [-0.4, -0.2) is 16.8 Å². The Kier molecular flexibility index (Phi) is 3.89. The highest BCUT2D eigenvalue weighted by Crippen LogP contribution is 2.17. The van der Waals surface area contributed by atoms with E-state index >= 15 is 0 Å². The van der Waals surface area contributed by atoms with Crippen LogP contribution in [-0.2, 0) is 11.3 Å². The Labute approximate surface area is 131 Å². The third kappa shape index (κ3) is 3.26.